The van der Waals surface area contributed by atoms with Gasteiger partial charge in [-0.15, -0.1) is 0 Å². The van der Waals surface area contributed by atoms with Gasteiger partial charge in [0.25, 0.3) is 0 Å². The van der Waals surface area contributed by atoms with Crippen molar-refractivity contribution in [2.45, 2.75) is 33.1 Å². The highest BCUT2D eigenvalue weighted by molar-refractivity contribution is 5.95. The van der Waals surface area contributed by atoms with Crippen molar-refractivity contribution in [2.75, 3.05) is 13.6 Å². The van der Waals surface area contributed by atoms with Gasteiger partial charge in [0.2, 0.25) is 11.8 Å². The molecule has 0 aliphatic heterocycles. The molecule has 0 aliphatic carbocycles. The third-order valence-corrected chi connectivity index (χ3v) is 1.95. The molecule has 0 bridgehead atoms. The number of allylic oxidation sites excluding steroid dienone is 1. The summed E-state index contributed by atoms with van der Waals surface area (Å²) >= 11 is 0. The maximum atomic E-state index is 11.6. The predicted octanol–water partition coefficient (Wildman–Crippen LogP) is 0.985. The van der Waals surface area contributed by atoms with Crippen LogP contribution in [0.15, 0.2) is 11.6 Å². The Kier molecular flexibility index (Phi) is 7.32. The second-order valence-corrected chi connectivity index (χ2v) is 3.24. The second-order valence-electron chi connectivity index (χ2n) is 3.24. The van der Waals surface area contributed by atoms with Gasteiger partial charge < -0.3 is 10.6 Å². The van der Waals surface area contributed by atoms with E-state index in [-0.39, 0.29) is 18.4 Å². The third kappa shape index (κ3) is 5.88. The zero-order valence-corrected chi connectivity index (χ0v) is 9.72. The Bertz CT molecular complexity index is 247. The van der Waals surface area contributed by atoms with Crippen molar-refractivity contribution >= 4 is 11.8 Å². The summed E-state index contributed by atoms with van der Waals surface area (Å²) in [6, 6.07) is 0. The number of rotatable bonds is 6. The number of nitrogens with one attached hydrogen (secondary N) is 2. The normalized spacial score (nSPS) is 11.0. The van der Waals surface area contributed by atoms with Crippen molar-refractivity contribution < 1.29 is 9.59 Å². The van der Waals surface area contributed by atoms with Gasteiger partial charge in [0.05, 0.1) is 6.54 Å². The average molecular weight is 212 g/mol. The molecule has 0 saturated heterocycles. The van der Waals surface area contributed by atoms with Crippen LogP contribution in [0.4, 0.5) is 0 Å². The lowest BCUT2D eigenvalue weighted by atomic mass is 10.1. The summed E-state index contributed by atoms with van der Waals surface area (Å²) in [5.41, 5.74) is 0.768. The lowest BCUT2D eigenvalue weighted by molar-refractivity contribution is -0.124. The standard InChI is InChI=1S/C11H20N2O2/c1-4-6-9(7-5-2)11(15)13-8-10(14)12-3/h6H,4-5,7-8H2,1-3H3,(H,12,14)(H,13,15). The first kappa shape index (κ1) is 13.7. The Labute approximate surface area is 91.1 Å². The maximum Gasteiger partial charge on any atom is 0.247 e. The van der Waals surface area contributed by atoms with Gasteiger partial charge in [-0.3, -0.25) is 9.59 Å². The Hall–Kier alpha value is -1.32. The minimum atomic E-state index is -0.185. The number of hydrogen-bond acceptors (Lipinski definition) is 2. The number of carbonyl (C=O) groups excluding carboxylic acids is 2. The SMILES string of the molecule is CCC=C(CCC)C(=O)NCC(=O)NC. The topological polar surface area (TPSA) is 58.2 Å². The molecule has 0 saturated carbocycles. The van der Waals surface area contributed by atoms with Crippen molar-refractivity contribution in [1.82, 2.24) is 10.6 Å². The molecule has 0 fully saturated rings. The van der Waals surface area contributed by atoms with Crippen LogP contribution in [0.25, 0.3) is 0 Å². The average Bonchev–Trinajstić information content (AvgIpc) is 2.25. The van der Waals surface area contributed by atoms with Gasteiger partial charge in [0.15, 0.2) is 0 Å². The van der Waals surface area contributed by atoms with Gasteiger partial charge >= 0.3 is 0 Å². The van der Waals surface area contributed by atoms with Crippen LogP contribution < -0.4 is 10.6 Å². The van der Waals surface area contributed by atoms with Crippen LogP contribution in [-0.4, -0.2) is 25.4 Å². The first-order valence-electron chi connectivity index (χ1n) is 5.33. The van der Waals surface area contributed by atoms with E-state index in [4.69, 9.17) is 0 Å². The Morgan fingerprint density at radius 3 is 2.40 bits per heavy atom. The van der Waals surface area contributed by atoms with E-state index in [0.717, 1.165) is 24.8 Å². The quantitative estimate of drug-likeness (QED) is 0.645. The molecule has 0 aliphatic rings. The molecular formula is C11H20N2O2. The van der Waals surface area contributed by atoms with E-state index in [1.54, 1.807) is 7.05 Å². The molecule has 86 valence electrons. The first-order chi connectivity index (χ1) is 7.15. The van der Waals surface area contributed by atoms with Crippen LogP contribution in [0.5, 0.6) is 0 Å². The smallest absolute Gasteiger partial charge is 0.247 e. The van der Waals surface area contributed by atoms with Gasteiger partial charge in [-0.1, -0.05) is 26.3 Å². The Morgan fingerprint density at radius 2 is 1.93 bits per heavy atom. The molecule has 2 N–H and O–H groups in total. The molecule has 0 atom stereocenters. The molecule has 15 heavy (non-hydrogen) atoms. The van der Waals surface area contributed by atoms with Crippen molar-refractivity contribution in [2.24, 2.45) is 0 Å². The maximum absolute atomic E-state index is 11.6. The largest absolute Gasteiger partial charge is 0.358 e. The molecule has 0 rings (SSSR count). The van der Waals surface area contributed by atoms with Gasteiger partial charge in [0.1, 0.15) is 0 Å². The lowest BCUT2D eigenvalue weighted by Gasteiger charge is -2.07. The summed E-state index contributed by atoms with van der Waals surface area (Å²) in [5.74, 6) is -0.321. The highest BCUT2D eigenvalue weighted by atomic mass is 16.2. The molecule has 0 aromatic rings. The molecule has 4 heteroatoms. The summed E-state index contributed by atoms with van der Waals surface area (Å²) in [6.45, 7) is 4.05. The van der Waals surface area contributed by atoms with E-state index in [1.807, 2.05) is 19.9 Å². The molecule has 0 aromatic heterocycles. The Balaban J connectivity index is 4.15. The molecule has 2 amide bonds. The molecule has 4 nitrogen and oxygen atoms in total. The molecule has 0 unspecified atom stereocenters. The summed E-state index contributed by atoms with van der Waals surface area (Å²) in [4.78, 5) is 22.5. The zero-order valence-electron chi connectivity index (χ0n) is 9.72. The highest BCUT2D eigenvalue weighted by Gasteiger charge is 2.08. The molecule has 0 heterocycles. The van der Waals surface area contributed by atoms with Crippen molar-refractivity contribution in [3.05, 3.63) is 11.6 Å². The fourth-order valence-corrected chi connectivity index (χ4v) is 1.19. The van der Waals surface area contributed by atoms with Gasteiger partial charge in [-0.05, 0) is 12.8 Å². The number of amides is 2. The van der Waals surface area contributed by atoms with Crippen LogP contribution in [0.1, 0.15) is 33.1 Å². The monoisotopic (exact) mass is 212 g/mol. The van der Waals surface area contributed by atoms with E-state index in [2.05, 4.69) is 10.6 Å². The van der Waals surface area contributed by atoms with Crippen LogP contribution in [0.3, 0.4) is 0 Å². The summed E-state index contributed by atoms with van der Waals surface area (Å²) in [6.07, 6.45) is 4.43. The van der Waals surface area contributed by atoms with Crippen molar-refractivity contribution in [3.63, 3.8) is 0 Å². The van der Waals surface area contributed by atoms with Crippen molar-refractivity contribution in [1.29, 1.82) is 0 Å². The third-order valence-electron chi connectivity index (χ3n) is 1.95. The van der Waals surface area contributed by atoms with Gasteiger partial charge in [-0.25, -0.2) is 0 Å². The van der Waals surface area contributed by atoms with E-state index >= 15 is 0 Å². The van der Waals surface area contributed by atoms with E-state index in [1.165, 1.54) is 0 Å². The van der Waals surface area contributed by atoms with Gasteiger partial charge in [0, 0.05) is 12.6 Å². The molecule has 0 spiro atoms. The summed E-state index contributed by atoms with van der Waals surface area (Å²) in [7, 11) is 1.54. The van der Waals surface area contributed by atoms with Crippen LogP contribution >= 0.6 is 0 Å². The lowest BCUT2D eigenvalue weighted by Crippen LogP contribution is -2.35. The van der Waals surface area contributed by atoms with E-state index in [9.17, 15) is 9.59 Å². The van der Waals surface area contributed by atoms with E-state index < -0.39 is 0 Å². The fourth-order valence-electron chi connectivity index (χ4n) is 1.19. The Morgan fingerprint density at radius 1 is 1.27 bits per heavy atom. The second kappa shape index (κ2) is 8.03. The van der Waals surface area contributed by atoms with Gasteiger partial charge in [-0.2, -0.15) is 0 Å². The minimum Gasteiger partial charge on any atom is -0.358 e. The number of carbonyl (C=O) groups is 2. The fraction of sp³-hybridized carbons (Fsp3) is 0.636. The number of likely N-dealkylation sites (N-methyl/N-ethyl adjacent to an activating group) is 1. The van der Waals surface area contributed by atoms with Crippen LogP contribution in [0, 0.1) is 0 Å². The molecule has 0 aromatic carbocycles. The van der Waals surface area contributed by atoms with Crippen LogP contribution in [-0.2, 0) is 9.59 Å². The first-order valence-corrected chi connectivity index (χ1v) is 5.33. The highest BCUT2D eigenvalue weighted by Crippen LogP contribution is 2.05. The zero-order chi connectivity index (χ0) is 11.7. The van der Waals surface area contributed by atoms with E-state index in [0.29, 0.717) is 0 Å². The number of hydrogen-bond donors (Lipinski definition) is 2. The van der Waals surface area contributed by atoms with Crippen LogP contribution in [0.2, 0.25) is 0 Å². The summed E-state index contributed by atoms with van der Waals surface area (Å²) in [5, 5.41) is 5.03. The minimum absolute atomic E-state index is 0.0418. The summed E-state index contributed by atoms with van der Waals surface area (Å²) < 4.78 is 0. The van der Waals surface area contributed by atoms with Crippen molar-refractivity contribution in [3.8, 4) is 0 Å². The molecular weight excluding hydrogens is 192 g/mol. The predicted molar refractivity (Wildman–Crippen MR) is 60.4 cm³/mol. The molecule has 0 radical (unpaired) electrons.